The van der Waals surface area contributed by atoms with E-state index in [0.29, 0.717) is 15.7 Å². The predicted octanol–water partition coefficient (Wildman–Crippen LogP) is 4.19. The number of esters is 1. The first-order valence-electron chi connectivity index (χ1n) is 5.74. The molecule has 0 aliphatic heterocycles. The molecular formula is C13H9BrF3NO3. The van der Waals surface area contributed by atoms with Gasteiger partial charge in [-0.25, -0.2) is 0 Å². The average molecular weight is 364 g/mol. The Bertz CT molecular complexity index is 650. The summed E-state index contributed by atoms with van der Waals surface area (Å²) < 4.78 is 47.7. The van der Waals surface area contributed by atoms with E-state index in [0.717, 1.165) is 12.1 Å². The number of hydrogen-bond acceptors (Lipinski definition) is 4. The second-order valence-corrected chi connectivity index (χ2v) is 4.92. The molecule has 0 fully saturated rings. The van der Waals surface area contributed by atoms with Gasteiger partial charge in [-0.3, -0.25) is 4.79 Å². The van der Waals surface area contributed by atoms with Gasteiger partial charge in [0.1, 0.15) is 5.69 Å². The van der Waals surface area contributed by atoms with Crippen LogP contribution in [0.1, 0.15) is 18.2 Å². The third-order valence-corrected chi connectivity index (χ3v) is 3.41. The molecule has 0 amide bonds. The minimum Gasteiger partial charge on any atom is -0.458 e. The van der Waals surface area contributed by atoms with E-state index in [9.17, 15) is 18.0 Å². The molecular weight excluding hydrogens is 355 g/mol. The molecule has 0 bridgehead atoms. The number of carbonyl (C=O) groups excluding carboxylic acids is 1. The van der Waals surface area contributed by atoms with Gasteiger partial charge in [0.15, 0.2) is 12.4 Å². The molecule has 1 aromatic carbocycles. The number of rotatable bonds is 3. The Labute approximate surface area is 126 Å². The number of nitrogens with zero attached hydrogens (tertiary/aromatic N) is 1. The molecule has 4 nitrogen and oxygen atoms in total. The molecule has 0 radical (unpaired) electrons. The predicted molar refractivity (Wildman–Crippen MR) is 70.1 cm³/mol. The van der Waals surface area contributed by atoms with Crippen LogP contribution in [0.2, 0.25) is 0 Å². The van der Waals surface area contributed by atoms with E-state index in [-0.39, 0.29) is 12.4 Å². The normalized spacial score (nSPS) is 11.5. The van der Waals surface area contributed by atoms with Crippen LogP contribution in [-0.2, 0) is 22.3 Å². The number of alkyl halides is 3. The Kier molecular flexibility index (Phi) is 4.36. The zero-order valence-electron chi connectivity index (χ0n) is 10.7. The van der Waals surface area contributed by atoms with E-state index in [1.165, 1.54) is 19.1 Å². The van der Waals surface area contributed by atoms with Gasteiger partial charge in [-0.05, 0) is 28.1 Å². The third kappa shape index (κ3) is 3.63. The average Bonchev–Trinajstić information content (AvgIpc) is 2.77. The van der Waals surface area contributed by atoms with Crippen molar-refractivity contribution in [2.75, 3.05) is 0 Å². The second kappa shape index (κ2) is 5.88. The van der Waals surface area contributed by atoms with E-state index in [2.05, 4.69) is 21.1 Å². The fourth-order valence-corrected chi connectivity index (χ4v) is 2.05. The number of ether oxygens (including phenoxy) is 1. The van der Waals surface area contributed by atoms with E-state index in [1.807, 2.05) is 0 Å². The first-order chi connectivity index (χ1) is 9.79. The molecule has 21 heavy (non-hydrogen) atoms. The monoisotopic (exact) mass is 363 g/mol. The molecule has 1 heterocycles. The Morgan fingerprint density at radius 1 is 1.33 bits per heavy atom. The highest BCUT2D eigenvalue weighted by Crippen LogP contribution is 2.34. The van der Waals surface area contributed by atoms with Crippen molar-refractivity contribution in [3.63, 3.8) is 0 Å². The number of aromatic nitrogens is 1. The minimum atomic E-state index is -4.39. The molecule has 8 heteroatoms. The smallest absolute Gasteiger partial charge is 0.416 e. The maximum Gasteiger partial charge on any atom is 0.416 e. The van der Waals surface area contributed by atoms with Crippen molar-refractivity contribution < 1.29 is 27.2 Å². The highest BCUT2D eigenvalue weighted by molar-refractivity contribution is 9.10. The molecule has 0 atom stereocenters. The molecule has 0 N–H and O–H groups in total. The van der Waals surface area contributed by atoms with Crippen molar-refractivity contribution in [1.29, 1.82) is 0 Å². The summed E-state index contributed by atoms with van der Waals surface area (Å²) in [5, 5.41) is 3.76. The summed E-state index contributed by atoms with van der Waals surface area (Å²) in [6, 6.07) is 4.51. The van der Waals surface area contributed by atoms with Crippen LogP contribution < -0.4 is 0 Å². The highest BCUT2D eigenvalue weighted by atomic mass is 79.9. The molecule has 0 aliphatic rings. The molecule has 0 spiro atoms. The third-order valence-electron chi connectivity index (χ3n) is 2.59. The molecule has 0 saturated carbocycles. The summed E-state index contributed by atoms with van der Waals surface area (Å²) >= 11 is 3.23. The van der Waals surface area contributed by atoms with Crippen LogP contribution in [0, 0.1) is 0 Å². The quantitative estimate of drug-likeness (QED) is 0.767. The summed E-state index contributed by atoms with van der Waals surface area (Å²) in [7, 11) is 0. The summed E-state index contributed by atoms with van der Waals surface area (Å²) in [5.41, 5.74) is 0.0459. The van der Waals surface area contributed by atoms with Gasteiger partial charge in [0.25, 0.3) is 0 Å². The van der Waals surface area contributed by atoms with Crippen molar-refractivity contribution in [2.24, 2.45) is 0 Å². The Hall–Kier alpha value is -1.83. The fourth-order valence-electron chi connectivity index (χ4n) is 1.57. The highest BCUT2D eigenvalue weighted by Gasteiger charge is 2.30. The number of carbonyl (C=O) groups is 1. The van der Waals surface area contributed by atoms with Crippen molar-refractivity contribution in [3.05, 3.63) is 40.1 Å². The minimum absolute atomic E-state index is 0.108. The van der Waals surface area contributed by atoms with Crippen LogP contribution in [-0.4, -0.2) is 11.1 Å². The molecule has 2 aromatic rings. The van der Waals surface area contributed by atoms with E-state index < -0.39 is 17.7 Å². The molecule has 0 saturated heterocycles. The largest absolute Gasteiger partial charge is 0.458 e. The lowest BCUT2D eigenvalue weighted by atomic mass is 10.1. The Morgan fingerprint density at radius 2 is 1.95 bits per heavy atom. The zero-order valence-corrected chi connectivity index (χ0v) is 12.3. The first-order valence-corrected chi connectivity index (χ1v) is 6.53. The SMILES string of the molecule is CC(=O)OCc1onc(-c2ccc(C(F)(F)F)cc2)c1Br. The maximum atomic E-state index is 12.5. The van der Waals surface area contributed by atoms with Gasteiger partial charge in [-0.2, -0.15) is 13.2 Å². The molecule has 0 aliphatic carbocycles. The van der Waals surface area contributed by atoms with Gasteiger partial charge in [0.05, 0.1) is 10.0 Å². The van der Waals surface area contributed by atoms with Gasteiger partial charge in [-0.15, -0.1) is 0 Å². The zero-order chi connectivity index (χ0) is 15.6. The number of benzene rings is 1. The molecule has 2 rings (SSSR count). The lowest BCUT2D eigenvalue weighted by Crippen LogP contribution is -2.04. The molecule has 112 valence electrons. The van der Waals surface area contributed by atoms with Gasteiger partial charge >= 0.3 is 12.1 Å². The molecule has 0 unspecified atom stereocenters. The summed E-state index contributed by atoms with van der Waals surface area (Å²) in [6.45, 7) is 1.14. The van der Waals surface area contributed by atoms with Crippen molar-refractivity contribution in [2.45, 2.75) is 19.7 Å². The van der Waals surface area contributed by atoms with Crippen LogP contribution in [0.4, 0.5) is 13.2 Å². The Morgan fingerprint density at radius 3 is 2.48 bits per heavy atom. The van der Waals surface area contributed by atoms with Crippen LogP contribution in [0.25, 0.3) is 11.3 Å². The van der Waals surface area contributed by atoms with Crippen LogP contribution >= 0.6 is 15.9 Å². The van der Waals surface area contributed by atoms with Crippen LogP contribution in [0.15, 0.2) is 33.3 Å². The van der Waals surface area contributed by atoms with Crippen molar-refractivity contribution >= 4 is 21.9 Å². The molecule has 1 aromatic heterocycles. The summed E-state index contributed by atoms with van der Waals surface area (Å²) in [4.78, 5) is 10.7. The topological polar surface area (TPSA) is 52.3 Å². The second-order valence-electron chi connectivity index (χ2n) is 4.12. The Balaban J connectivity index is 2.24. The lowest BCUT2D eigenvalue weighted by molar-refractivity contribution is -0.143. The maximum absolute atomic E-state index is 12.5. The van der Waals surface area contributed by atoms with Crippen LogP contribution in [0.5, 0.6) is 0 Å². The van der Waals surface area contributed by atoms with Crippen molar-refractivity contribution in [3.8, 4) is 11.3 Å². The van der Waals surface area contributed by atoms with Gasteiger partial charge in [0, 0.05) is 12.5 Å². The summed E-state index contributed by atoms with van der Waals surface area (Å²) in [5.74, 6) is -0.200. The fraction of sp³-hybridized carbons (Fsp3) is 0.231. The van der Waals surface area contributed by atoms with E-state index >= 15 is 0 Å². The van der Waals surface area contributed by atoms with Crippen molar-refractivity contribution in [1.82, 2.24) is 5.16 Å². The van der Waals surface area contributed by atoms with Crippen LogP contribution in [0.3, 0.4) is 0 Å². The first kappa shape index (κ1) is 15.6. The number of halogens is 4. The van der Waals surface area contributed by atoms with Gasteiger partial charge < -0.3 is 9.26 Å². The van der Waals surface area contributed by atoms with E-state index in [4.69, 9.17) is 9.26 Å². The number of hydrogen-bond donors (Lipinski definition) is 0. The lowest BCUT2D eigenvalue weighted by Gasteiger charge is -2.06. The standard InChI is InChI=1S/C13H9BrF3NO3/c1-7(19)20-6-10-11(14)12(18-21-10)8-2-4-9(5-3-8)13(15,16)17/h2-5H,6H2,1H3. The summed E-state index contributed by atoms with van der Waals surface area (Å²) in [6.07, 6.45) is -4.39. The van der Waals surface area contributed by atoms with E-state index in [1.54, 1.807) is 0 Å². The van der Waals surface area contributed by atoms with Gasteiger partial charge in [-0.1, -0.05) is 17.3 Å². The van der Waals surface area contributed by atoms with Gasteiger partial charge in [0.2, 0.25) is 0 Å².